The molecule has 2 heterocycles. The van der Waals surface area contributed by atoms with Crippen LogP contribution in [0.4, 0.5) is 0 Å². The summed E-state index contributed by atoms with van der Waals surface area (Å²) >= 11 is 0. The molecule has 5 N–H and O–H groups in total. The molecule has 0 aromatic rings. The molecule has 6 aliphatic rings. The van der Waals surface area contributed by atoms with Gasteiger partial charge in [-0.1, -0.05) is 6.92 Å². The quantitative estimate of drug-likeness (QED) is 0.266. The largest absolute Gasteiger partial charge is 0.458 e. The van der Waals surface area contributed by atoms with Crippen molar-refractivity contribution >= 4 is 5.97 Å². The average Bonchev–Trinajstić information content (AvgIpc) is 3.45. The van der Waals surface area contributed by atoms with Gasteiger partial charge in [0.1, 0.15) is 24.9 Å². The van der Waals surface area contributed by atoms with Crippen LogP contribution in [0, 0.1) is 34.5 Å². The number of cyclic esters (lactones) is 1. The Hall–Kier alpha value is -1.07. The first-order valence-corrected chi connectivity index (χ1v) is 14.6. The summed E-state index contributed by atoms with van der Waals surface area (Å²) in [5.41, 5.74) is -0.401. The van der Waals surface area contributed by atoms with Gasteiger partial charge in [0.15, 0.2) is 6.29 Å². The molecule has 0 amide bonds. The standard InChI is InChI=1S/C29H44O9/c1-15-23(32)24(33)25(34)26(37-15)38-18-5-9-28(14-30)17(12-18)3-4-21-20(28)6-8-27(2)19(7-10-29(21,27)35)16-11-22(31)36-13-16/h11,15,17-21,23-26,30,32-35H,3-10,12-14H2,1-2H3/t15-,17-,18-,19+,20-,21+,23-,24+,25+,26?,27+,28+,29-/m0/s1. The molecule has 6 rings (SSSR count). The van der Waals surface area contributed by atoms with E-state index in [-0.39, 0.29) is 53.2 Å². The van der Waals surface area contributed by atoms with Gasteiger partial charge in [0.25, 0.3) is 0 Å². The first kappa shape index (κ1) is 27.1. The van der Waals surface area contributed by atoms with Crippen molar-refractivity contribution in [2.75, 3.05) is 13.2 Å². The molecule has 1 saturated heterocycles. The number of ether oxygens (including phenoxy) is 3. The molecule has 0 bridgehead atoms. The summed E-state index contributed by atoms with van der Waals surface area (Å²) in [6.07, 6.45) is 3.35. The Balaban J connectivity index is 1.19. The summed E-state index contributed by atoms with van der Waals surface area (Å²) < 4.78 is 17.1. The van der Waals surface area contributed by atoms with Gasteiger partial charge in [-0.25, -0.2) is 4.79 Å². The van der Waals surface area contributed by atoms with Crippen LogP contribution in [-0.2, 0) is 19.0 Å². The van der Waals surface area contributed by atoms with E-state index in [0.717, 1.165) is 50.5 Å². The number of fused-ring (bicyclic) bond motifs is 5. The minimum atomic E-state index is -1.32. The minimum absolute atomic E-state index is 0.0831. The third-order valence-electron chi connectivity index (χ3n) is 12.1. The molecule has 4 aliphatic carbocycles. The zero-order chi connectivity index (χ0) is 27.0. The van der Waals surface area contributed by atoms with Gasteiger partial charge in [0.05, 0.1) is 17.8 Å². The van der Waals surface area contributed by atoms with E-state index in [1.807, 2.05) is 0 Å². The molecule has 5 fully saturated rings. The molecule has 0 aromatic carbocycles. The van der Waals surface area contributed by atoms with E-state index in [9.17, 15) is 30.3 Å². The Morgan fingerprint density at radius 1 is 1.00 bits per heavy atom. The van der Waals surface area contributed by atoms with E-state index >= 15 is 0 Å². The summed E-state index contributed by atoms with van der Waals surface area (Å²) in [5.74, 6) is 0.414. The number of aliphatic hydroxyl groups is 5. The zero-order valence-electron chi connectivity index (χ0n) is 22.5. The highest BCUT2D eigenvalue weighted by atomic mass is 16.7. The zero-order valence-corrected chi connectivity index (χ0v) is 22.5. The van der Waals surface area contributed by atoms with Gasteiger partial charge < -0.3 is 39.7 Å². The van der Waals surface area contributed by atoms with Gasteiger partial charge in [-0.2, -0.15) is 0 Å². The molecule has 9 heteroatoms. The van der Waals surface area contributed by atoms with E-state index in [1.165, 1.54) is 0 Å². The molecule has 4 saturated carbocycles. The molecule has 1 unspecified atom stereocenters. The fraction of sp³-hybridized carbons (Fsp3) is 0.897. The number of aliphatic hydroxyl groups excluding tert-OH is 4. The van der Waals surface area contributed by atoms with E-state index in [4.69, 9.17) is 14.2 Å². The smallest absolute Gasteiger partial charge is 0.331 e. The summed E-state index contributed by atoms with van der Waals surface area (Å²) in [7, 11) is 0. The van der Waals surface area contributed by atoms with Crippen LogP contribution in [0.2, 0.25) is 0 Å². The second kappa shape index (κ2) is 9.50. The van der Waals surface area contributed by atoms with Crippen LogP contribution in [0.5, 0.6) is 0 Å². The molecule has 38 heavy (non-hydrogen) atoms. The van der Waals surface area contributed by atoms with Crippen LogP contribution in [0.3, 0.4) is 0 Å². The highest BCUT2D eigenvalue weighted by Crippen LogP contribution is 2.70. The lowest BCUT2D eigenvalue weighted by Crippen LogP contribution is -2.64. The summed E-state index contributed by atoms with van der Waals surface area (Å²) in [6, 6.07) is 0. The summed E-state index contributed by atoms with van der Waals surface area (Å²) in [5, 5.41) is 53.9. The second-order valence-electron chi connectivity index (χ2n) is 13.4. The lowest BCUT2D eigenvalue weighted by atomic mass is 9.43. The van der Waals surface area contributed by atoms with Gasteiger partial charge in [0.2, 0.25) is 0 Å². The van der Waals surface area contributed by atoms with Crippen LogP contribution in [0.25, 0.3) is 0 Å². The first-order chi connectivity index (χ1) is 18.0. The Bertz CT molecular complexity index is 970. The van der Waals surface area contributed by atoms with Crippen LogP contribution in [-0.4, -0.2) is 87.1 Å². The molecular weight excluding hydrogens is 492 g/mol. The van der Waals surface area contributed by atoms with E-state index < -0.39 is 36.3 Å². The Kier molecular flexibility index (Phi) is 6.78. The van der Waals surface area contributed by atoms with Crippen LogP contribution in [0.1, 0.15) is 71.6 Å². The first-order valence-electron chi connectivity index (χ1n) is 14.6. The maximum atomic E-state index is 12.4. The highest BCUT2D eigenvalue weighted by molar-refractivity contribution is 5.85. The van der Waals surface area contributed by atoms with Gasteiger partial charge in [-0.15, -0.1) is 0 Å². The number of hydrogen-bond donors (Lipinski definition) is 5. The third-order valence-corrected chi connectivity index (χ3v) is 12.1. The van der Waals surface area contributed by atoms with Crippen molar-refractivity contribution in [3.63, 3.8) is 0 Å². The predicted octanol–water partition coefficient (Wildman–Crippen LogP) is 1.43. The molecule has 13 atom stereocenters. The second-order valence-corrected chi connectivity index (χ2v) is 13.4. The van der Waals surface area contributed by atoms with E-state index in [0.29, 0.717) is 19.4 Å². The average molecular weight is 537 g/mol. The number of carbonyl (C=O) groups is 1. The lowest BCUT2D eigenvalue weighted by Gasteiger charge is -2.64. The van der Waals surface area contributed by atoms with Crippen LogP contribution in [0.15, 0.2) is 11.6 Å². The Morgan fingerprint density at radius 2 is 1.79 bits per heavy atom. The fourth-order valence-corrected chi connectivity index (χ4v) is 9.91. The normalized spacial score (nSPS) is 54.5. The Labute approximate surface area is 224 Å². The van der Waals surface area contributed by atoms with Gasteiger partial charge >= 0.3 is 5.97 Å². The van der Waals surface area contributed by atoms with Crippen molar-refractivity contribution in [2.24, 2.45) is 34.5 Å². The minimum Gasteiger partial charge on any atom is -0.458 e. The fourth-order valence-electron chi connectivity index (χ4n) is 9.91. The molecule has 0 spiro atoms. The van der Waals surface area contributed by atoms with Crippen LogP contribution >= 0.6 is 0 Å². The number of rotatable bonds is 4. The van der Waals surface area contributed by atoms with Gasteiger partial charge in [-0.05, 0) is 99.4 Å². The Morgan fingerprint density at radius 3 is 2.50 bits per heavy atom. The number of carbonyl (C=O) groups excluding carboxylic acids is 1. The summed E-state index contributed by atoms with van der Waals surface area (Å²) in [6.45, 7) is 4.27. The molecular formula is C29H44O9. The summed E-state index contributed by atoms with van der Waals surface area (Å²) in [4.78, 5) is 11.8. The monoisotopic (exact) mass is 536 g/mol. The third kappa shape index (κ3) is 3.80. The highest BCUT2D eigenvalue weighted by Gasteiger charge is 2.68. The van der Waals surface area contributed by atoms with Crippen LogP contribution < -0.4 is 0 Å². The maximum absolute atomic E-state index is 12.4. The van der Waals surface area contributed by atoms with Gasteiger partial charge in [0, 0.05) is 18.1 Å². The molecule has 2 aliphatic heterocycles. The number of esters is 1. The van der Waals surface area contributed by atoms with Crippen molar-refractivity contribution in [3.8, 4) is 0 Å². The molecule has 214 valence electrons. The topological polar surface area (TPSA) is 146 Å². The SMILES string of the molecule is C[C@@H]1OC(O[C@H]2CC[C@@]3(CO)[C@@H](CC[C@@H]4[C@@H]3CC[C@]3(C)[C@@H](C5=CC(=O)OC5)CC[C@]43O)C2)[C@H](O)[C@H](O)[C@H]1O. The lowest BCUT2D eigenvalue weighted by molar-refractivity contribution is -0.311. The van der Waals surface area contributed by atoms with Crippen molar-refractivity contribution in [2.45, 2.75) is 114 Å². The molecule has 9 nitrogen and oxygen atoms in total. The molecule has 0 aromatic heterocycles. The maximum Gasteiger partial charge on any atom is 0.331 e. The van der Waals surface area contributed by atoms with Crippen molar-refractivity contribution < 1.29 is 44.5 Å². The van der Waals surface area contributed by atoms with E-state index in [2.05, 4.69) is 6.92 Å². The van der Waals surface area contributed by atoms with E-state index in [1.54, 1.807) is 13.0 Å². The van der Waals surface area contributed by atoms with Gasteiger partial charge in [-0.3, -0.25) is 0 Å². The van der Waals surface area contributed by atoms with Crippen molar-refractivity contribution in [1.29, 1.82) is 0 Å². The van der Waals surface area contributed by atoms with Crippen molar-refractivity contribution in [3.05, 3.63) is 11.6 Å². The molecule has 0 radical (unpaired) electrons. The van der Waals surface area contributed by atoms with Crippen molar-refractivity contribution in [1.82, 2.24) is 0 Å². The number of hydrogen-bond acceptors (Lipinski definition) is 9. The predicted molar refractivity (Wildman–Crippen MR) is 134 cm³/mol.